The SMILES string of the molecule is Cc1cnccc1CNC(=O)CCC1CCCN1. The smallest absolute Gasteiger partial charge is 0.220 e. The Morgan fingerprint density at radius 2 is 2.50 bits per heavy atom. The Hall–Kier alpha value is -1.42. The molecular weight excluding hydrogens is 226 g/mol. The van der Waals surface area contributed by atoms with E-state index in [1.165, 1.54) is 12.8 Å². The molecule has 0 spiro atoms. The summed E-state index contributed by atoms with van der Waals surface area (Å²) >= 11 is 0. The van der Waals surface area contributed by atoms with E-state index in [1.54, 1.807) is 6.20 Å². The van der Waals surface area contributed by atoms with Crippen molar-refractivity contribution >= 4 is 5.91 Å². The average Bonchev–Trinajstić information content (AvgIpc) is 2.88. The van der Waals surface area contributed by atoms with Crippen molar-refractivity contribution < 1.29 is 4.79 Å². The molecule has 18 heavy (non-hydrogen) atoms. The van der Waals surface area contributed by atoms with Gasteiger partial charge >= 0.3 is 0 Å². The van der Waals surface area contributed by atoms with Crippen LogP contribution in [0, 0.1) is 6.92 Å². The Balaban J connectivity index is 1.69. The van der Waals surface area contributed by atoms with Crippen molar-refractivity contribution in [3.8, 4) is 0 Å². The van der Waals surface area contributed by atoms with Crippen molar-refractivity contribution in [2.24, 2.45) is 0 Å². The lowest BCUT2D eigenvalue weighted by atomic mass is 10.1. The largest absolute Gasteiger partial charge is 0.352 e. The molecule has 1 aliphatic heterocycles. The number of nitrogens with one attached hydrogen (secondary N) is 2. The van der Waals surface area contributed by atoms with Crippen LogP contribution in [0.1, 0.15) is 36.8 Å². The lowest BCUT2D eigenvalue weighted by Gasteiger charge is -2.10. The zero-order valence-electron chi connectivity index (χ0n) is 10.9. The number of carbonyl (C=O) groups excluding carboxylic acids is 1. The molecule has 1 aliphatic rings. The first-order valence-electron chi connectivity index (χ1n) is 6.65. The summed E-state index contributed by atoms with van der Waals surface area (Å²) in [6, 6.07) is 2.49. The zero-order valence-corrected chi connectivity index (χ0v) is 10.9. The monoisotopic (exact) mass is 247 g/mol. The maximum absolute atomic E-state index is 11.7. The highest BCUT2D eigenvalue weighted by atomic mass is 16.1. The quantitative estimate of drug-likeness (QED) is 0.830. The van der Waals surface area contributed by atoms with Gasteiger partial charge in [0.1, 0.15) is 0 Å². The standard InChI is InChI=1S/C14H21N3O/c1-11-9-15-8-6-12(11)10-17-14(18)5-4-13-3-2-7-16-13/h6,8-9,13,16H,2-5,7,10H2,1H3,(H,17,18). The molecule has 1 amide bonds. The van der Waals surface area contributed by atoms with Crippen LogP contribution in [-0.2, 0) is 11.3 Å². The molecule has 0 aromatic carbocycles. The van der Waals surface area contributed by atoms with Crippen LogP contribution >= 0.6 is 0 Å². The highest BCUT2D eigenvalue weighted by molar-refractivity contribution is 5.75. The molecule has 2 rings (SSSR count). The van der Waals surface area contributed by atoms with Gasteiger partial charge in [0.15, 0.2) is 0 Å². The second-order valence-electron chi connectivity index (χ2n) is 4.91. The third-order valence-electron chi connectivity index (χ3n) is 3.49. The Kier molecular flexibility index (Phi) is 4.70. The van der Waals surface area contributed by atoms with Crippen molar-refractivity contribution in [1.29, 1.82) is 0 Å². The molecule has 2 heterocycles. The number of carbonyl (C=O) groups is 1. The van der Waals surface area contributed by atoms with Gasteiger partial charge in [-0.3, -0.25) is 9.78 Å². The predicted molar refractivity (Wildman–Crippen MR) is 71.1 cm³/mol. The fraction of sp³-hybridized carbons (Fsp3) is 0.571. The highest BCUT2D eigenvalue weighted by Crippen LogP contribution is 2.10. The third kappa shape index (κ3) is 3.81. The van der Waals surface area contributed by atoms with Gasteiger partial charge in [-0.2, -0.15) is 0 Å². The molecule has 1 aromatic rings. The van der Waals surface area contributed by atoms with Gasteiger partial charge < -0.3 is 10.6 Å². The van der Waals surface area contributed by atoms with E-state index in [4.69, 9.17) is 0 Å². The molecule has 0 radical (unpaired) electrons. The fourth-order valence-corrected chi connectivity index (χ4v) is 2.29. The molecule has 0 aliphatic carbocycles. The van der Waals surface area contributed by atoms with Crippen LogP contribution in [0.3, 0.4) is 0 Å². The van der Waals surface area contributed by atoms with E-state index in [1.807, 2.05) is 19.2 Å². The van der Waals surface area contributed by atoms with Gasteiger partial charge in [-0.05, 0) is 49.9 Å². The Morgan fingerprint density at radius 1 is 1.61 bits per heavy atom. The van der Waals surface area contributed by atoms with Crippen molar-refractivity contribution in [3.63, 3.8) is 0 Å². The van der Waals surface area contributed by atoms with Crippen LogP contribution in [0.25, 0.3) is 0 Å². The lowest BCUT2D eigenvalue weighted by Crippen LogP contribution is -2.27. The second kappa shape index (κ2) is 6.50. The first-order valence-corrected chi connectivity index (χ1v) is 6.65. The normalized spacial score (nSPS) is 18.8. The van der Waals surface area contributed by atoms with Crippen LogP contribution in [0.2, 0.25) is 0 Å². The molecule has 98 valence electrons. The number of aromatic nitrogens is 1. The van der Waals surface area contributed by atoms with Crippen molar-refractivity contribution in [2.45, 2.75) is 45.2 Å². The predicted octanol–water partition coefficient (Wildman–Crippen LogP) is 1.54. The molecular formula is C14H21N3O. The van der Waals surface area contributed by atoms with Gasteiger partial charge in [-0.1, -0.05) is 0 Å². The van der Waals surface area contributed by atoms with E-state index in [0.717, 1.165) is 24.1 Å². The van der Waals surface area contributed by atoms with Crippen molar-refractivity contribution in [1.82, 2.24) is 15.6 Å². The minimum absolute atomic E-state index is 0.139. The summed E-state index contributed by atoms with van der Waals surface area (Å²) in [5, 5.41) is 6.38. The van der Waals surface area contributed by atoms with Gasteiger partial charge in [-0.25, -0.2) is 0 Å². The Bertz CT molecular complexity index is 400. The van der Waals surface area contributed by atoms with Crippen LogP contribution in [0.4, 0.5) is 0 Å². The van der Waals surface area contributed by atoms with E-state index in [2.05, 4.69) is 15.6 Å². The Labute approximate surface area is 108 Å². The number of hydrogen-bond acceptors (Lipinski definition) is 3. The second-order valence-corrected chi connectivity index (χ2v) is 4.91. The average molecular weight is 247 g/mol. The Morgan fingerprint density at radius 3 is 3.22 bits per heavy atom. The minimum atomic E-state index is 0.139. The van der Waals surface area contributed by atoms with Crippen LogP contribution in [0.5, 0.6) is 0 Å². The molecule has 1 atom stereocenters. The number of hydrogen-bond donors (Lipinski definition) is 2. The molecule has 2 N–H and O–H groups in total. The molecule has 1 saturated heterocycles. The van der Waals surface area contributed by atoms with Gasteiger partial charge in [0.05, 0.1) is 0 Å². The number of nitrogens with zero attached hydrogens (tertiary/aromatic N) is 1. The summed E-state index contributed by atoms with van der Waals surface area (Å²) in [4.78, 5) is 15.8. The number of amides is 1. The zero-order chi connectivity index (χ0) is 12.8. The van der Waals surface area contributed by atoms with E-state index in [9.17, 15) is 4.79 Å². The minimum Gasteiger partial charge on any atom is -0.352 e. The molecule has 1 aromatic heterocycles. The molecule has 1 unspecified atom stereocenters. The first-order chi connectivity index (χ1) is 8.75. The summed E-state index contributed by atoms with van der Waals surface area (Å²) in [6.07, 6.45) is 7.59. The summed E-state index contributed by atoms with van der Waals surface area (Å²) in [6.45, 7) is 3.71. The highest BCUT2D eigenvalue weighted by Gasteiger charge is 2.15. The summed E-state index contributed by atoms with van der Waals surface area (Å²) < 4.78 is 0. The van der Waals surface area contributed by atoms with Gasteiger partial charge in [0, 0.05) is 31.4 Å². The summed E-state index contributed by atoms with van der Waals surface area (Å²) in [7, 11) is 0. The van der Waals surface area contributed by atoms with Gasteiger partial charge in [-0.15, -0.1) is 0 Å². The number of pyridine rings is 1. The van der Waals surface area contributed by atoms with Crippen LogP contribution in [-0.4, -0.2) is 23.5 Å². The van der Waals surface area contributed by atoms with Gasteiger partial charge in [0.25, 0.3) is 0 Å². The fourth-order valence-electron chi connectivity index (χ4n) is 2.29. The maximum atomic E-state index is 11.7. The van der Waals surface area contributed by atoms with Crippen LogP contribution < -0.4 is 10.6 Å². The molecule has 4 heteroatoms. The van der Waals surface area contributed by atoms with E-state index >= 15 is 0 Å². The molecule has 1 fully saturated rings. The van der Waals surface area contributed by atoms with Crippen LogP contribution in [0.15, 0.2) is 18.5 Å². The topological polar surface area (TPSA) is 54.0 Å². The molecule has 0 bridgehead atoms. The van der Waals surface area contributed by atoms with Gasteiger partial charge in [0.2, 0.25) is 5.91 Å². The van der Waals surface area contributed by atoms with Crippen molar-refractivity contribution in [3.05, 3.63) is 29.6 Å². The van der Waals surface area contributed by atoms with E-state index < -0.39 is 0 Å². The lowest BCUT2D eigenvalue weighted by molar-refractivity contribution is -0.121. The van der Waals surface area contributed by atoms with E-state index in [-0.39, 0.29) is 5.91 Å². The number of aryl methyl sites for hydroxylation is 1. The van der Waals surface area contributed by atoms with Crippen molar-refractivity contribution in [2.75, 3.05) is 6.54 Å². The third-order valence-corrected chi connectivity index (χ3v) is 3.49. The summed E-state index contributed by atoms with van der Waals surface area (Å²) in [5.74, 6) is 0.139. The van der Waals surface area contributed by atoms with E-state index in [0.29, 0.717) is 19.0 Å². The summed E-state index contributed by atoms with van der Waals surface area (Å²) in [5.41, 5.74) is 2.26. The maximum Gasteiger partial charge on any atom is 0.220 e. The first kappa shape index (κ1) is 13.0. The number of rotatable bonds is 5. The molecule has 0 saturated carbocycles. The molecule has 4 nitrogen and oxygen atoms in total.